The third-order valence-electron chi connectivity index (χ3n) is 11.8. The minimum Gasteiger partial charge on any atom is -0.456 e. The molecule has 60 heavy (non-hydrogen) atoms. The average Bonchev–Trinajstić information content (AvgIpc) is 3.98. The number of benzene rings is 8. The molecule has 12 aromatic rings. The Morgan fingerprint density at radius 2 is 1.05 bits per heavy atom. The Bertz CT molecular complexity index is 3680. The summed E-state index contributed by atoms with van der Waals surface area (Å²) in [6, 6.07) is 66.0. The van der Waals surface area contributed by atoms with Crippen molar-refractivity contribution in [2.75, 3.05) is 0 Å². The molecule has 0 bridgehead atoms. The van der Waals surface area contributed by atoms with Crippen molar-refractivity contribution in [3.63, 3.8) is 0 Å². The maximum Gasteiger partial charge on any atom is 0.164 e. The first-order chi connectivity index (χ1) is 29.7. The van der Waals surface area contributed by atoms with Gasteiger partial charge in [0.25, 0.3) is 0 Å². The minimum atomic E-state index is 0.592. The summed E-state index contributed by atoms with van der Waals surface area (Å²) in [4.78, 5) is 17.6. The normalized spacial score (nSPS) is 12.3. The Morgan fingerprint density at radius 3 is 1.87 bits per heavy atom. The van der Waals surface area contributed by atoms with E-state index < -0.39 is 0 Å². The first-order valence-corrected chi connectivity index (χ1v) is 20.8. The van der Waals surface area contributed by atoms with E-state index in [4.69, 9.17) is 19.4 Å². The lowest BCUT2D eigenvalue weighted by Gasteiger charge is -2.23. The fourth-order valence-corrected chi connectivity index (χ4v) is 10.3. The van der Waals surface area contributed by atoms with E-state index in [0.717, 1.165) is 49.9 Å². The standard InChI is InChI=1S/C53H31N5OS/c1-3-13-33(14-4-1)50-54-51(56-52(55-50)35-29-30-39-38-17-8-10-23-44(38)59-45(39)31-35)34-27-25-32(26-28-34)37-19-11-22-43-49(37)60-46-24-12-20-41-47-40-18-7-9-21-42(40)57(36-15-5-2-6-16-36)53(47)58(43)48(41)46/h1-31H. The molecule has 4 aromatic heterocycles. The number of para-hydroxylation sites is 4. The van der Waals surface area contributed by atoms with Crippen LogP contribution in [-0.4, -0.2) is 24.1 Å². The zero-order chi connectivity index (χ0) is 39.3. The van der Waals surface area contributed by atoms with Gasteiger partial charge in [0.2, 0.25) is 0 Å². The van der Waals surface area contributed by atoms with Crippen molar-refractivity contribution >= 4 is 66.5 Å². The second-order valence-corrected chi connectivity index (χ2v) is 16.2. The summed E-state index contributed by atoms with van der Waals surface area (Å²) < 4.78 is 11.2. The molecule has 0 atom stereocenters. The highest BCUT2D eigenvalue weighted by atomic mass is 32.2. The van der Waals surface area contributed by atoms with Gasteiger partial charge in [-0.15, -0.1) is 0 Å². The van der Waals surface area contributed by atoms with Crippen LogP contribution in [0.1, 0.15) is 0 Å². The van der Waals surface area contributed by atoms with Crippen molar-refractivity contribution in [2.24, 2.45) is 0 Å². The number of nitrogens with zero attached hydrogens (tertiary/aromatic N) is 5. The molecule has 0 amide bonds. The van der Waals surface area contributed by atoms with Gasteiger partial charge < -0.3 is 4.42 Å². The molecule has 0 fully saturated rings. The van der Waals surface area contributed by atoms with E-state index >= 15 is 0 Å². The number of furan rings is 1. The molecule has 7 heteroatoms. The van der Waals surface area contributed by atoms with Crippen LogP contribution in [0.3, 0.4) is 0 Å². The van der Waals surface area contributed by atoms with Crippen LogP contribution >= 0.6 is 11.8 Å². The van der Waals surface area contributed by atoms with Gasteiger partial charge in [0.1, 0.15) is 16.8 Å². The smallest absolute Gasteiger partial charge is 0.164 e. The Morgan fingerprint density at radius 1 is 0.433 bits per heavy atom. The summed E-state index contributed by atoms with van der Waals surface area (Å²) in [7, 11) is 0. The van der Waals surface area contributed by atoms with Crippen molar-refractivity contribution in [3.8, 4) is 56.7 Å². The zero-order valence-electron chi connectivity index (χ0n) is 32.0. The van der Waals surface area contributed by atoms with Crippen molar-refractivity contribution < 1.29 is 4.42 Å². The molecular formula is C53H31N5OS. The monoisotopic (exact) mass is 785 g/mol. The summed E-state index contributed by atoms with van der Waals surface area (Å²) in [6.45, 7) is 0. The fraction of sp³-hybridized carbons (Fsp3) is 0. The number of rotatable bonds is 5. The summed E-state index contributed by atoms with van der Waals surface area (Å²) in [5.41, 5.74) is 12.6. The minimum absolute atomic E-state index is 0.592. The van der Waals surface area contributed by atoms with Gasteiger partial charge in [-0.05, 0) is 59.7 Å². The molecule has 13 rings (SSSR count). The van der Waals surface area contributed by atoms with Crippen LogP contribution in [0.15, 0.2) is 202 Å². The van der Waals surface area contributed by atoms with E-state index in [9.17, 15) is 0 Å². The summed E-state index contributed by atoms with van der Waals surface area (Å²) in [6.07, 6.45) is 0. The summed E-state index contributed by atoms with van der Waals surface area (Å²) in [5, 5.41) is 5.96. The van der Waals surface area contributed by atoms with Crippen LogP contribution in [0, 0.1) is 0 Å². The average molecular weight is 786 g/mol. The van der Waals surface area contributed by atoms with Gasteiger partial charge in [-0.1, -0.05) is 151 Å². The Kier molecular flexibility index (Phi) is 7.14. The third-order valence-corrected chi connectivity index (χ3v) is 13.0. The molecule has 0 unspecified atom stereocenters. The predicted octanol–water partition coefficient (Wildman–Crippen LogP) is 13.9. The lowest BCUT2D eigenvalue weighted by Crippen LogP contribution is -2.06. The molecular weight excluding hydrogens is 755 g/mol. The molecule has 1 aliphatic heterocycles. The first-order valence-electron chi connectivity index (χ1n) is 20.0. The molecule has 6 nitrogen and oxygen atoms in total. The highest BCUT2D eigenvalue weighted by Gasteiger charge is 2.29. The number of fused-ring (bicyclic) bond motifs is 10. The van der Waals surface area contributed by atoms with Crippen molar-refractivity contribution in [2.45, 2.75) is 9.79 Å². The van der Waals surface area contributed by atoms with E-state index in [1.807, 2.05) is 66.4 Å². The molecule has 0 saturated heterocycles. The van der Waals surface area contributed by atoms with Gasteiger partial charge >= 0.3 is 0 Å². The summed E-state index contributed by atoms with van der Waals surface area (Å²) in [5.74, 6) is 1.82. The topological polar surface area (TPSA) is 61.7 Å². The van der Waals surface area contributed by atoms with Crippen LogP contribution in [0.25, 0.3) is 111 Å². The Labute approximate surface area is 348 Å². The van der Waals surface area contributed by atoms with Crippen LogP contribution in [0.2, 0.25) is 0 Å². The molecule has 0 N–H and O–H groups in total. The SMILES string of the molecule is c1ccc(-c2nc(-c3ccc(-c4cccc5c4Sc4cccc6c7c8ccccc8n(-c8ccccc8)c7n-5c46)cc3)nc(-c3ccc4c(c3)oc3ccccc34)n2)cc1. The Balaban J connectivity index is 0.951. The maximum atomic E-state index is 6.26. The number of aromatic nitrogens is 5. The Hall–Kier alpha value is -7.74. The molecule has 0 saturated carbocycles. The highest BCUT2D eigenvalue weighted by molar-refractivity contribution is 8.00. The second-order valence-electron chi connectivity index (χ2n) is 15.2. The van der Waals surface area contributed by atoms with E-state index in [2.05, 4.69) is 143 Å². The fourth-order valence-electron chi connectivity index (χ4n) is 9.08. The third kappa shape index (κ3) is 4.93. The molecule has 0 spiro atoms. The number of hydrogen-bond donors (Lipinski definition) is 0. The predicted molar refractivity (Wildman–Crippen MR) is 244 cm³/mol. The molecule has 5 heterocycles. The van der Waals surface area contributed by atoms with Crippen molar-refractivity contribution in [1.82, 2.24) is 24.1 Å². The van der Waals surface area contributed by atoms with Gasteiger partial charge in [-0.2, -0.15) is 0 Å². The lowest BCUT2D eigenvalue weighted by molar-refractivity contribution is 0.669. The van der Waals surface area contributed by atoms with E-state index in [-0.39, 0.29) is 0 Å². The van der Waals surface area contributed by atoms with Gasteiger partial charge in [-0.25, -0.2) is 15.0 Å². The van der Waals surface area contributed by atoms with Crippen LogP contribution in [0.4, 0.5) is 0 Å². The number of hydrogen-bond acceptors (Lipinski definition) is 5. The van der Waals surface area contributed by atoms with Gasteiger partial charge in [0.15, 0.2) is 17.5 Å². The van der Waals surface area contributed by atoms with E-state index in [1.54, 1.807) is 0 Å². The van der Waals surface area contributed by atoms with Crippen molar-refractivity contribution in [1.29, 1.82) is 0 Å². The van der Waals surface area contributed by atoms with E-state index in [1.165, 1.54) is 53.9 Å². The quantitative estimate of drug-likeness (QED) is 0.174. The maximum absolute atomic E-state index is 6.26. The van der Waals surface area contributed by atoms with Crippen molar-refractivity contribution in [3.05, 3.63) is 188 Å². The summed E-state index contributed by atoms with van der Waals surface area (Å²) >= 11 is 1.85. The zero-order valence-corrected chi connectivity index (χ0v) is 32.8. The largest absolute Gasteiger partial charge is 0.456 e. The molecule has 8 aromatic carbocycles. The van der Waals surface area contributed by atoms with E-state index in [0.29, 0.717) is 17.5 Å². The molecule has 280 valence electrons. The molecule has 1 aliphatic rings. The van der Waals surface area contributed by atoms with Crippen LogP contribution in [-0.2, 0) is 0 Å². The van der Waals surface area contributed by atoms with Gasteiger partial charge in [-0.3, -0.25) is 9.13 Å². The molecule has 0 aliphatic carbocycles. The van der Waals surface area contributed by atoms with Gasteiger partial charge in [0.05, 0.1) is 16.7 Å². The van der Waals surface area contributed by atoms with Crippen LogP contribution < -0.4 is 0 Å². The lowest BCUT2D eigenvalue weighted by atomic mass is 10.0. The molecule has 0 radical (unpaired) electrons. The first kappa shape index (κ1) is 33.3. The van der Waals surface area contributed by atoms with Crippen LogP contribution in [0.5, 0.6) is 0 Å². The second kappa shape index (κ2) is 12.9. The highest BCUT2D eigenvalue weighted by Crippen LogP contribution is 2.52. The van der Waals surface area contributed by atoms with Gasteiger partial charge in [0, 0.05) is 59.1 Å².